The Balaban J connectivity index is 1.92. The molecule has 2 aromatic heterocycles. The number of methoxy groups -OCH3 is 1. The number of fused-ring (bicyclic) bond motifs is 1. The predicted molar refractivity (Wildman–Crippen MR) is 85.7 cm³/mol. The number of benzene rings is 1. The van der Waals surface area contributed by atoms with Crippen molar-refractivity contribution in [1.29, 1.82) is 0 Å². The summed E-state index contributed by atoms with van der Waals surface area (Å²) >= 11 is 0. The van der Waals surface area contributed by atoms with Crippen molar-refractivity contribution in [3.8, 4) is 0 Å². The highest BCUT2D eigenvalue weighted by molar-refractivity contribution is 6.05. The number of rotatable bonds is 3. The number of nitrogens with one attached hydrogen (secondary N) is 1. The highest BCUT2D eigenvalue weighted by atomic mass is 16.5. The van der Waals surface area contributed by atoms with Crippen LogP contribution in [0, 0.1) is 6.92 Å². The molecule has 3 aromatic rings. The maximum Gasteiger partial charge on any atom is 0.337 e. The quantitative estimate of drug-likeness (QED) is 0.755. The third kappa shape index (κ3) is 2.78. The van der Waals surface area contributed by atoms with Gasteiger partial charge in [-0.2, -0.15) is 0 Å². The summed E-state index contributed by atoms with van der Waals surface area (Å²) in [5.41, 5.74) is 2.70. The summed E-state index contributed by atoms with van der Waals surface area (Å²) in [6, 6.07) is 12.1. The molecule has 1 N–H and O–H groups in total. The Kier molecular flexibility index (Phi) is 3.80. The van der Waals surface area contributed by atoms with E-state index in [4.69, 9.17) is 0 Å². The molecule has 0 aliphatic rings. The van der Waals surface area contributed by atoms with Crippen LogP contribution in [0.5, 0.6) is 0 Å². The van der Waals surface area contributed by atoms with Gasteiger partial charge in [0.25, 0.3) is 5.91 Å². The first-order chi connectivity index (χ1) is 11.1. The highest BCUT2D eigenvalue weighted by Crippen LogP contribution is 2.16. The molecule has 0 aliphatic heterocycles. The molecule has 0 bridgehead atoms. The van der Waals surface area contributed by atoms with Gasteiger partial charge < -0.3 is 10.1 Å². The number of amides is 1. The number of pyridine rings is 1. The van der Waals surface area contributed by atoms with Crippen molar-refractivity contribution in [1.82, 2.24) is 9.38 Å². The smallest absolute Gasteiger partial charge is 0.337 e. The van der Waals surface area contributed by atoms with E-state index in [1.54, 1.807) is 41.8 Å². The van der Waals surface area contributed by atoms with Crippen LogP contribution in [0.4, 0.5) is 5.69 Å². The number of carbonyl (C=O) groups excluding carboxylic acids is 2. The monoisotopic (exact) mass is 309 g/mol. The summed E-state index contributed by atoms with van der Waals surface area (Å²) < 4.78 is 6.41. The molecule has 0 spiro atoms. The molecular formula is C17H15N3O3. The zero-order valence-corrected chi connectivity index (χ0v) is 12.7. The summed E-state index contributed by atoms with van der Waals surface area (Å²) in [6.45, 7) is 1.78. The van der Waals surface area contributed by atoms with Gasteiger partial charge in [-0.1, -0.05) is 12.1 Å². The van der Waals surface area contributed by atoms with Crippen molar-refractivity contribution in [2.45, 2.75) is 6.92 Å². The molecule has 0 radical (unpaired) electrons. The molecule has 6 heteroatoms. The van der Waals surface area contributed by atoms with Crippen LogP contribution in [0.1, 0.15) is 26.5 Å². The van der Waals surface area contributed by atoms with E-state index >= 15 is 0 Å². The third-order valence-electron chi connectivity index (χ3n) is 3.46. The lowest BCUT2D eigenvalue weighted by Crippen LogP contribution is -2.16. The molecule has 0 saturated heterocycles. The van der Waals surface area contributed by atoms with Crippen LogP contribution in [-0.2, 0) is 4.74 Å². The van der Waals surface area contributed by atoms with Crippen molar-refractivity contribution in [3.05, 3.63) is 65.6 Å². The van der Waals surface area contributed by atoms with Crippen LogP contribution in [-0.4, -0.2) is 28.4 Å². The second-order valence-corrected chi connectivity index (χ2v) is 5.00. The normalized spacial score (nSPS) is 10.5. The molecule has 2 heterocycles. The fourth-order valence-electron chi connectivity index (χ4n) is 2.42. The minimum Gasteiger partial charge on any atom is -0.465 e. The molecule has 3 rings (SSSR count). The van der Waals surface area contributed by atoms with E-state index in [1.165, 1.54) is 7.11 Å². The van der Waals surface area contributed by atoms with Crippen molar-refractivity contribution in [2.24, 2.45) is 0 Å². The lowest BCUT2D eigenvalue weighted by Gasteiger charge is -2.07. The van der Waals surface area contributed by atoms with E-state index in [2.05, 4.69) is 15.0 Å². The van der Waals surface area contributed by atoms with Crippen LogP contribution in [0.3, 0.4) is 0 Å². The first-order valence-electron chi connectivity index (χ1n) is 7.03. The number of esters is 1. The van der Waals surface area contributed by atoms with Crippen molar-refractivity contribution >= 4 is 23.2 Å². The number of ether oxygens (including phenoxy) is 1. The fraction of sp³-hybridized carbons (Fsp3) is 0.118. The third-order valence-corrected chi connectivity index (χ3v) is 3.46. The van der Waals surface area contributed by atoms with Gasteiger partial charge in [-0.25, -0.2) is 9.78 Å². The number of carbonyl (C=O) groups is 2. The number of aryl methyl sites for hydroxylation is 1. The number of anilines is 1. The number of hydrogen-bond donors (Lipinski definition) is 1. The Morgan fingerprint density at radius 1 is 1.17 bits per heavy atom. The van der Waals surface area contributed by atoms with Gasteiger partial charge in [0.05, 0.1) is 18.4 Å². The van der Waals surface area contributed by atoms with Crippen molar-refractivity contribution in [3.63, 3.8) is 0 Å². The molecule has 6 nitrogen and oxygen atoms in total. The number of imidazole rings is 1. The topological polar surface area (TPSA) is 72.7 Å². The van der Waals surface area contributed by atoms with Gasteiger partial charge in [-0.3, -0.25) is 9.20 Å². The first-order valence-corrected chi connectivity index (χ1v) is 7.03. The zero-order valence-electron chi connectivity index (χ0n) is 12.7. The lowest BCUT2D eigenvalue weighted by atomic mass is 10.2. The molecule has 0 aliphatic carbocycles. The van der Waals surface area contributed by atoms with Crippen molar-refractivity contribution in [2.75, 3.05) is 12.4 Å². The second kappa shape index (κ2) is 5.92. The van der Waals surface area contributed by atoms with Crippen LogP contribution >= 0.6 is 0 Å². The average molecular weight is 309 g/mol. The minimum atomic E-state index is -0.452. The Morgan fingerprint density at radius 2 is 2.00 bits per heavy atom. The standard InChI is InChI=1S/C17H15N3O3/c1-11-15(20-9-4-3-8-14(20)18-11)16(21)19-13-7-5-6-12(10-13)17(22)23-2/h3-10H,1-2H3,(H,19,21). The maximum absolute atomic E-state index is 12.6. The van der Waals surface area contributed by atoms with Gasteiger partial charge >= 0.3 is 5.97 Å². The summed E-state index contributed by atoms with van der Waals surface area (Å²) in [5, 5.41) is 2.79. The molecule has 1 amide bonds. The first kappa shape index (κ1) is 14.8. The highest BCUT2D eigenvalue weighted by Gasteiger charge is 2.17. The predicted octanol–water partition coefficient (Wildman–Crippen LogP) is 2.68. The Hall–Kier alpha value is -3.15. The fourth-order valence-corrected chi connectivity index (χ4v) is 2.42. The molecule has 1 aromatic carbocycles. The van der Waals surface area contributed by atoms with Gasteiger partial charge in [0.1, 0.15) is 11.3 Å². The minimum absolute atomic E-state index is 0.289. The van der Waals surface area contributed by atoms with E-state index in [0.29, 0.717) is 28.3 Å². The van der Waals surface area contributed by atoms with E-state index in [0.717, 1.165) is 0 Å². The van der Waals surface area contributed by atoms with Crippen LogP contribution < -0.4 is 5.32 Å². The zero-order chi connectivity index (χ0) is 16.4. The van der Waals surface area contributed by atoms with Gasteiger partial charge in [-0.05, 0) is 37.3 Å². The van der Waals surface area contributed by atoms with Crippen LogP contribution in [0.25, 0.3) is 5.65 Å². The lowest BCUT2D eigenvalue weighted by molar-refractivity contribution is 0.0600. The SMILES string of the molecule is COC(=O)c1cccc(NC(=O)c2c(C)nc3ccccn23)c1. The Morgan fingerprint density at radius 3 is 2.78 bits per heavy atom. The maximum atomic E-state index is 12.6. The molecule has 0 atom stereocenters. The molecule has 23 heavy (non-hydrogen) atoms. The van der Waals surface area contributed by atoms with Crippen LogP contribution in [0.2, 0.25) is 0 Å². The Labute approximate surface area is 132 Å². The van der Waals surface area contributed by atoms with E-state index in [1.807, 2.05) is 18.2 Å². The van der Waals surface area contributed by atoms with Gasteiger partial charge in [0.15, 0.2) is 0 Å². The average Bonchev–Trinajstić information content (AvgIpc) is 2.90. The second-order valence-electron chi connectivity index (χ2n) is 5.00. The largest absolute Gasteiger partial charge is 0.465 e. The van der Waals surface area contributed by atoms with E-state index in [9.17, 15) is 9.59 Å². The molecule has 0 saturated carbocycles. The number of nitrogens with zero attached hydrogens (tertiary/aromatic N) is 2. The molecule has 0 fully saturated rings. The summed E-state index contributed by atoms with van der Waals surface area (Å²) in [4.78, 5) is 28.5. The number of aromatic nitrogens is 2. The molecule has 116 valence electrons. The van der Waals surface area contributed by atoms with E-state index < -0.39 is 5.97 Å². The van der Waals surface area contributed by atoms with Gasteiger partial charge in [0, 0.05) is 11.9 Å². The van der Waals surface area contributed by atoms with Crippen molar-refractivity contribution < 1.29 is 14.3 Å². The number of hydrogen-bond acceptors (Lipinski definition) is 4. The molecular weight excluding hydrogens is 294 g/mol. The molecule has 0 unspecified atom stereocenters. The van der Waals surface area contributed by atoms with E-state index in [-0.39, 0.29) is 5.91 Å². The Bertz CT molecular complexity index is 899. The van der Waals surface area contributed by atoms with Crippen LogP contribution in [0.15, 0.2) is 48.7 Å². The van der Waals surface area contributed by atoms with Gasteiger partial charge in [-0.15, -0.1) is 0 Å². The van der Waals surface area contributed by atoms with Gasteiger partial charge in [0.2, 0.25) is 0 Å². The summed E-state index contributed by atoms with van der Waals surface area (Å²) in [6.07, 6.45) is 1.79. The summed E-state index contributed by atoms with van der Waals surface area (Å²) in [5.74, 6) is -0.740. The summed E-state index contributed by atoms with van der Waals surface area (Å²) in [7, 11) is 1.31.